The molecule has 0 unspecified atom stereocenters. The molecule has 0 spiro atoms. The Labute approximate surface area is 160 Å². The zero-order valence-corrected chi connectivity index (χ0v) is 15.6. The quantitative estimate of drug-likeness (QED) is 0.833. The molecule has 4 rings (SSSR count). The van der Waals surface area contributed by atoms with Gasteiger partial charge in [0.25, 0.3) is 5.91 Å². The highest BCUT2D eigenvalue weighted by Crippen LogP contribution is 2.27. The molecule has 27 heavy (non-hydrogen) atoms. The molecule has 2 heterocycles. The lowest BCUT2D eigenvalue weighted by Crippen LogP contribution is -2.43. The summed E-state index contributed by atoms with van der Waals surface area (Å²) in [6, 6.07) is 17.8. The Morgan fingerprint density at radius 3 is 2.07 bits per heavy atom. The molecule has 2 fully saturated rings. The van der Waals surface area contributed by atoms with Crippen molar-refractivity contribution in [2.75, 3.05) is 26.2 Å². The lowest BCUT2D eigenvalue weighted by molar-refractivity contribution is -0.135. The summed E-state index contributed by atoms with van der Waals surface area (Å²) in [5.74, 6) is 0.447. The third-order valence-electron chi connectivity index (χ3n) is 5.79. The van der Waals surface area contributed by atoms with Crippen molar-refractivity contribution in [2.24, 2.45) is 5.92 Å². The van der Waals surface area contributed by atoms with E-state index in [0.29, 0.717) is 19.0 Å². The topological polar surface area (TPSA) is 40.6 Å². The third-order valence-corrected chi connectivity index (χ3v) is 5.79. The normalized spacial score (nSPS) is 17.9. The molecule has 0 aromatic heterocycles. The first-order valence-corrected chi connectivity index (χ1v) is 9.96. The van der Waals surface area contributed by atoms with Gasteiger partial charge >= 0.3 is 0 Å². The van der Waals surface area contributed by atoms with Crippen molar-refractivity contribution in [3.8, 4) is 11.1 Å². The third kappa shape index (κ3) is 3.75. The number of hydrogen-bond acceptors (Lipinski definition) is 2. The number of carbonyl (C=O) groups excluding carboxylic acids is 2. The van der Waals surface area contributed by atoms with Crippen LogP contribution in [0.1, 0.15) is 36.0 Å². The molecule has 2 amide bonds. The van der Waals surface area contributed by atoms with Gasteiger partial charge in [-0.15, -0.1) is 0 Å². The number of amides is 2. The maximum absolute atomic E-state index is 13.2. The van der Waals surface area contributed by atoms with E-state index in [9.17, 15) is 9.59 Å². The fourth-order valence-corrected chi connectivity index (χ4v) is 4.23. The first kappa shape index (κ1) is 17.8. The number of likely N-dealkylation sites (tertiary alicyclic amines) is 2. The smallest absolute Gasteiger partial charge is 0.254 e. The van der Waals surface area contributed by atoms with Crippen LogP contribution in [-0.4, -0.2) is 47.8 Å². The molecule has 0 saturated carbocycles. The monoisotopic (exact) mass is 362 g/mol. The molecule has 0 aliphatic carbocycles. The lowest BCUT2D eigenvalue weighted by Gasteiger charge is -2.33. The van der Waals surface area contributed by atoms with Crippen molar-refractivity contribution in [2.45, 2.75) is 25.7 Å². The van der Waals surface area contributed by atoms with E-state index in [2.05, 4.69) is 0 Å². The Hall–Kier alpha value is -2.62. The second-order valence-electron chi connectivity index (χ2n) is 7.51. The average Bonchev–Trinajstić information content (AvgIpc) is 3.28. The molecule has 0 atom stereocenters. The van der Waals surface area contributed by atoms with Crippen molar-refractivity contribution >= 4 is 11.8 Å². The number of hydrogen-bond donors (Lipinski definition) is 0. The number of rotatable bonds is 3. The number of carbonyl (C=O) groups is 2. The molecule has 140 valence electrons. The van der Waals surface area contributed by atoms with Crippen LogP contribution in [0.25, 0.3) is 11.1 Å². The number of nitrogens with zero attached hydrogens (tertiary/aromatic N) is 2. The van der Waals surface area contributed by atoms with E-state index < -0.39 is 0 Å². The molecule has 4 heteroatoms. The summed E-state index contributed by atoms with van der Waals surface area (Å²) in [5.41, 5.74) is 2.77. The van der Waals surface area contributed by atoms with Crippen molar-refractivity contribution < 1.29 is 9.59 Å². The largest absolute Gasteiger partial charge is 0.342 e. The van der Waals surface area contributed by atoms with Crippen LogP contribution in [0.2, 0.25) is 0 Å². The molecule has 0 N–H and O–H groups in total. The van der Waals surface area contributed by atoms with Gasteiger partial charge in [-0.1, -0.05) is 48.5 Å². The van der Waals surface area contributed by atoms with E-state index in [1.807, 2.05) is 64.4 Å². The van der Waals surface area contributed by atoms with E-state index >= 15 is 0 Å². The van der Waals surface area contributed by atoms with E-state index in [0.717, 1.165) is 55.5 Å². The molecule has 2 saturated heterocycles. The van der Waals surface area contributed by atoms with Gasteiger partial charge in [0.2, 0.25) is 5.91 Å². The van der Waals surface area contributed by atoms with Gasteiger partial charge in [0.15, 0.2) is 0 Å². The second kappa shape index (κ2) is 7.95. The predicted molar refractivity (Wildman–Crippen MR) is 106 cm³/mol. The molecule has 2 aromatic carbocycles. The zero-order valence-electron chi connectivity index (χ0n) is 15.6. The first-order chi connectivity index (χ1) is 13.2. The molecular weight excluding hydrogens is 336 g/mol. The predicted octanol–water partition coefficient (Wildman–Crippen LogP) is 3.83. The van der Waals surface area contributed by atoms with Gasteiger partial charge in [0.05, 0.1) is 0 Å². The van der Waals surface area contributed by atoms with Crippen molar-refractivity contribution in [3.05, 3.63) is 60.2 Å². The highest BCUT2D eigenvalue weighted by atomic mass is 16.2. The summed E-state index contributed by atoms with van der Waals surface area (Å²) >= 11 is 0. The van der Waals surface area contributed by atoms with Crippen LogP contribution in [0, 0.1) is 5.92 Å². The van der Waals surface area contributed by atoms with Crippen molar-refractivity contribution in [1.82, 2.24) is 9.80 Å². The lowest BCUT2D eigenvalue weighted by atomic mass is 9.93. The Bertz CT molecular complexity index is 804. The van der Waals surface area contributed by atoms with Gasteiger partial charge in [-0.25, -0.2) is 0 Å². The fraction of sp³-hybridized carbons (Fsp3) is 0.391. The Morgan fingerprint density at radius 1 is 0.741 bits per heavy atom. The summed E-state index contributed by atoms with van der Waals surface area (Å²) < 4.78 is 0. The summed E-state index contributed by atoms with van der Waals surface area (Å²) in [7, 11) is 0. The fourth-order valence-electron chi connectivity index (χ4n) is 4.23. The standard InChI is InChI=1S/C23H26N2O2/c26-22(24-14-6-7-15-24)19-12-16-25(17-13-19)23(27)21-11-5-4-10-20(21)18-8-2-1-3-9-18/h1-5,8-11,19H,6-7,12-17H2. The van der Waals surface area contributed by atoms with Crippen LogP contribution in [0.4, 0.5) is 0 Å². The minimum absolute atomic E-state index is 0.0709. The van der Waals surface area contributed by atoms with Crippen LogP contribution in [0.3, 0.4) is 0 Å². The molecule has 0 radical (unpaired) electrons. The van der Waals surface area contributed by atoms with E-state index in [-0.39, 0.29) is 11.8 Å². The molecule has 2 aliphatic rings. The van der Waals surface area contributed by atoms with Crippen LogP contribution in [0.5, 0.6) is 0 Å². The summed E-state index contributed by atoms with van der Waals surface area (Å²) in [6.07, 6.45) is 3.79. The maximum atomic E-state index is 13.2. The first-order valence-electron chi connectivity index (χ1n) is 9.96. The van der Waals surface area contributed by atoms with Gasteiger partial charge in [0, 0.05) is 37.7 Å². The zero-order chi connectivity index (χ0) is 18.6. The van der Waals surface area contributed by atoms with Crippen molar-refractivity contribution in [3.63, 3.8) is 0 Å². The molecular formula is C23H26N2O2. The summed E-state index contributed by atoms with van der Waals surface area (Å²) in [4.78, 5) is 29.7. The molecule has 2 aliphatic heterocycles. The Morgan fingerprint density at radius 2 is 1.37 bits per heavy atom. The summed E-state index contributed by atoms with van der Waals surface area (Å²) in [6.45, 7) is 3.13. The van der Waals surface area contributed by atoms with E-state index in [1.165, 1.54) is 0 Å². The molecule has 2 aromatic rings. The van der Waals surface area contributed by atoms with Crippen molar-refractivity contribution in [1.29, 1.82) is 0 Å². The van der Waals surface area contributed by atoms with Gasteiger partial charge in [0.1, 0.15) is 0 Å². The second-order valence-corrected chi connectivity index (χ2v) is 7.51. The van der Waals surface area contributed by atoms with Gasteiger partial charge in [-0.2, -0.15) is 0 Å². The van der Waals surface area contributed by atoms with Gasteiger partial charge < -0.3 is 9.80 Å². The molecule has 0 bridgehead atoms. The minimum atomic E-state index is 0.0709. The van der Waals surface area contributed by atoms with Crippen LogP contribution >= 0.6 is 0 Å². The summed E-state index contributed by atoms with van der Waals surface area (Å²) in [5, 5.41) is 0. The Kier molecular flexibility index (Phi) is 5.23. The van der Waals surface area contributed by atoms with Crippen LogP contribution in [0.15, 0.2) is 54.6 Å². The molecule has 4 nitrogen and oxygen atoms in total. The van der Waals surface area contributed by atoms with Crippen LogP contribution in [-0.2, 0) is 4.79 Å². The van der Waals surface area contributed by atoms with Gasteiger partial charge in [-0.05, 0) is 42.9 Å². The number of piperidine rings is 1. The van der Waals surface area contributed by atoms with Crippen LogP contribution < -0.4 is 0 Å². The highest BCUT2D eigenvalue weighted by Gasteiger charge is 2.31. The highest BCUT2D eigenvalue weighted by molar-refractivity contribution is 6.01. The number of benzene rings is 2. The minimum Gasteiger partial charge on any atom is -0.342 e. The van der Waals surface area contributed by atoms with E-state index in [4.69, 9.17) is 0 Å². The SMILES string of the molecule is O=C(c1ccccc1-c1ccccc1)N1CCC(C(=O)N2CCCC2)CC1. The van der Waals surface area contributed by atoms with Gasteiger partial charge in [-0.3, -0.25) is 9.59 Å². The Balaban J connectivity index is 1.45. The van der Waals surface area contributed by atoms with E-state index in [1.54, 1.807) is 0 Å². The maximum Gasteiger partial charge on any atom is 0.254 e. The average molecular weight is 362 g/mol.